The molecule has 2 aromatic rings. The second kappa shape index (κ2) is 6.70. The molecule has 3 rings (SSSR count). The van der Waals surface area contributed by atoms with Gasteiger partial charge in [0.25, 0.3) is 0 Å². The van der Waals surface area contributed by atoms with Crippen LogP contribution in [0, 0.1) is 5.82 Å². The molecule has 0 bridgehead atoms. The van der Waals surface area contributed by atoms with Gasteiger partial charge in [0.2, 0.25) is 10.0 Å². The van der Waals surface area contributed by atoms with E-state index in [1.165, 1.54) is 36.4 Å². The largest absolute Gasteiger partial charge is 0.457 e. The molecule has 0 spiro atoms. The number of hydrogen-bond donors (Lipinski definition) is 1. The molecule has 1 aliphatic carbocycles. The van der Waals surface area contributed by atoms with Crippen molar-refractivity contribution < 1.29 is 22.3 Å². The van der Waals surface area contributed by atoms with E-state index in [9.17, 15) is 17.6 Å². The lowest BCUT2D eigenvalue weighted by Crippen LogP contribution is -2.25. The third-order valence-corrected chi connectivity index (χ3v) is 5.15. The van der Waals surface area contributed by atoms with Crippen molar-refractivity contribution in [1.29, 1.82) is 0 Å². The standard InChI is InChI=1S/C17H16FNO4S/c18-16-4-2-1-3-13(16)11-23-17(20)12-5-9-15(10-6-12)24(21,22)19-14-7-8-14/h1-6,9-10,14,19H,7-8,11H2. The summed E-state index contributed by atoms with van der Waals surface area (Å²) in [7, 11) is -3.55. The molecule has 126 valence electrons. The number of ether oxygens (including phenoxy) is 1. The molecule has 0 aliphatic heterocycles. The molecule has 0 radical (unpaired) electrons. The summed E-state index contributed by atoms with van der Waals surface area (Å²) in [4.78, 5) is 12.1. The highest BCUT2D eigenvalue weighted by atomic mass is 32.2. The summed E-state index contributed by atoms with van der Waals surface area (Å²) in [6.07, 6.45) is 1.69. The van der Waals surface area contributed by atoms with E-state index in [1.807, 2.05) is 0 Å². The summed E-state index contributed by atoms with van der Waals surface area (Å²) >= 11 is 0. The molecule has 0 aromatic heterocycles. The minimum atomic E-state index is -3.55. The second-order valence-corrected chi connectivity index (χ2v) is 7.30. The van der Waals surface area contributed by atoms with Crippen LogP contribution in [-0.4, -0.2) is 20.4 Å². The first kappa shape index (κ1) is 16.6. The lowest BCUT2D eigenvalue weighted by Gasteiger charge is -2.08. The number of carbonyl (C=O) groups excluding carboxylic acids is 1. The van der Waals surface area contributed by atoms with Gasteiger partial charge >= 0.3 is 5.97 Å². The van der Waals surface area contributed by atoms with E-state index in [0.29, 0.717) is 0 Å². The van der Waals surface area contributed by atoms with Crippen molar-refractivity contribution in [1.82, 2.24) is 4.72 Å². The van der Waals surface area contributed by atoms with E-state index in [1.54, 1.807) is 12.1 Å². The third kappa shape index (κ3) is 3.98. The number of sulfonamides is 1. The van der Waals surface area contributed by atoms with Crippen molar-refractivity contribution in [3.05, 3.63) is 65.5 Å². The number of nitrogens with one attached hydrogen (secondary N) is 1. The van der Waals surface area contributed by atoms with Gasteiger partial charge in [0.1, 0.15) is 12.4 Å². The molecule has 1 fully saturated rings. The van der Waals surface area contributed by atoms with Crippen LogP contribution in [0.3, 0.4) is 0 Å². The zero-order valence-electron chi connectivity index (χ0n) is 12.7. The Hall–Kier alpha value is -2.25. The van der Waals surface area contributed by atoms with Crippen LogP contribution in [-0.2, 0) is 21.4 Å². The zero-order valence-corrected chi connectivity index (χ0v) is 13.6. The number of hydrogen-bond acceptors (Lipinski definition) is 4. The Morgan fingerprint density at radius 1 is 1.12 bits per heavy atom. The SMILES string of the molecule is O=C(OCc1ccccc1F)c1ccc(S(=O)(=O)NC2CC2)cc1. The quantitative estimate of drug-likeness (QED) is 0.814. The number of rotatable bonds is 6. The minimum Gasteiger partial charge on any atom is -0.457 e. The first-order chi connectivity index (χ1) is 11.5. The molecular weight excluding hydrogens is 333 g/mol. The molecular formula is C17H16FNO4S. The first-order valence-corrected chi connectivity index (χ1v) is 8.97. The number of benzene rings is 2. The van der Waals surface area contributed by atoms with Crippen LogP contribution < -0.4 is 4.72 Å². The fraction of sp³-hybridized carbons (Fsp3) is 0.235. The smallest absolute Gasteiger partial charge is 0.338 e. The molecule has 0 atom stereocenters. The van der Waals surface area contributed by atoms with Gasteiger partial charge in [-0.1, -0.05) is 18.2 Å². The van der Waals surface area contributed by atoms with Gasteiger partial charge < -0.3 is 4.74 Å². The summed E-state index contributed by atoms with van der Waals surface area (Å²) in [5, 5.41) is 0. The van der Waals surface area contributed by atoms with Crippen LogP contribution in [0.25, 0.3) is 0 Å². The van der Waals surface area contributed by atoms with Crippen molar-refractivity contribution in [2.45, 2.75) is 30.4 Å². The summed E-state index contributed by atoms with van der Waals surface area (Å²) in [6, 6.07) is 11.5. The maximum absolute atomic E-state index is 13.5. The molecule has 0 unspecified atom stereocenters. The monoisotopic (exact) mass is 349 g/mol. The van der Waals surface area contributed by atoms with Crippen LogP contribution in [0.15, 0.2) is 53.4 Å². The highest BCUT2D eigenvalue weighted by Crippen LogP contribution is 2.22. The molecule has 0 heterocycles. The number of esters is 1. The van der Waals surface area contributed by atoms with Gasteiger partial charge in [0.15, 0.2) is 0 Å². The third-order valence-electron chi connectivity index (χ3n) is 3.62. The van der Waals surface area contributed by atoms with Gasteiger partial charge in [0, 0.05) is 11.6 Å². The fourth-order valence-electron chi connectivity index (χ4n) is 2.10. The van der Waals surface area contributed by atoms with Gasteiger partial charge in [-0.2, -0.15) is 0 Å². The molecule has 1 saturated carbocycles. The number of carbonyl (C=O) groups is 1. The maximum Gasteiger partial charge on any atom is 0.338 e. The summed E-state index contributed by atoms with van der Waals surface area (Å²) in [5.74, 6) is -1.09. The van der Waals surface area contributed by atoms with Gasteiger partial charge in [-0.3, -0.25) is 0 Å². The summed E-state index contributed by atoms with van der Waals surface area (Å²) in [5.41, 5.74) is 0.482. The molecule has 2 aromatic carbocycles. The van der Waals surface area contributed by atoms with Gasteiger partial charge in [-0.15, -0.1) is 0 Å². The van der Waals surface area contributed by atoms with Crippen molar-refractivity contribution in [3.63, 3.8) is 0 Å². The lowest BCUT2D eigenvalue weighted by molar-refractivity contribution is 0.0469. The van der Waals surface area contributed by atoms with E-state index >= 15 is 0 Å². The Morgan fingerprint density at radius 3 is 2.42 bits per heavy atom. The van der Waals surface area contributed by atoms with Crippen LogP contribution >= 0.6 is 0 Å². The Balaban J connectivity index is 1.64. The topological polar surface area (TPSA) is 72.5 Å². The Kier molecular flexibility index (Phi) is 4.64. The van der Waals surface area contributed by atoms with Gasteiger partial charge in [-0.05, 0) is 43.2 Å². The van der Waals surface area contributed by atoms with Crippen LogP contribution in [0.4, 0.5) is 4.39 Å². The molecule has 24 heavy (non-hydrogen) atoms. The Morgan fingerprint density at radius 2 is 1.79 bits per heavy atom. The van der Waals surface area contributed by atoms with Crippen molar-refractivity contribution >= 4 is 16.0 Å². The molecule has 0 amide bonds. The van der Waals surface area contributed by atoms with Crippen molar-refractivity contribution in [2.24, 2.45) is 0 Å². The van der Waals surface area contributed by atoms with Crippen LogP contribution in [0.2, 0.25) is 0 Å². The van der Waals surface area contributed by atoms with Crippen LogP contribution in [0.1, 0.15) is 28.8 Å². The maximum atomic E-state index is 13.5. The van der Waals surface area contributed by atoms with Crippen molar-refractivity contribution in [3.8, 4) is 0 Å². The van der Waals surface area contributed by atoms with E-state index in [0.717, 1.165) is 12.8 Å². The average Bonchev–Trinajstić information content (AvgIpc) is 3.37. The van der Waals surface area contributed by atoms with E-state index in [-0.39, 0.29) is 28.7 Å². The van der Waals surface area contributed by atoms with Gasteiger partial charge in [0.05, 0.1) is 10.5 Å². The molecule has 1 aliphatic rings. The summed E-state index contributed by atoms with van der Waals surface area (Å²) < 4.78 is 45.2. The minimum absolute atomic E-state index is 0.0143. The molecule has 7 heteroatoms. The molecule has 0 saturated heterocycles. The summed E-state index contributed by atoms with van der Waals surface area (Å²) in [6.45, 7) is -0.186. The van der Waals surface area contributed by atoms with E-state index < -0.39 is 21.8 Å². The highest BCUT2D eigenvalue weighted by molar-refractivity contribution is 7.89. The fourth-order valence-corrected chi connectivity index (χ4v) is 3.41. The van der Waals surface area contributed by atoms with E-state index in [4.69, 9.17) is 4.74 Å². The average molecular weight is 349 g/mol. The second-order valence-electron chi connectivity index (χ2n) is 5.59. The lowest BCUT2D eigenvalue weighted by atomic mass is 10.2. The zero-order chi connectivity index (χ0) is 17.2. The van der Waals surface area contributed by atoms with Crippen molar-refractivity contribution in [2.75, 3.05) is 0 Å². The van der Waals surface area contributed by atoms with E-state index in [2.05, 4.69) is 4.72 Å². The molecule has 1 N–H and O–H groups in total. The number of halogens is 1. The Labute approximate surface area is 139 Å². The first-order valence-electron chi connectivity index (χ1n) is 7.48. The predicted molar refractivity (Wildman–Crippen MR) is 85.3 cm³/mol. The highest BCUT2D eigenvalue weighted by Gasteiger charge is 2.28. The Bertz CT molecular complexity index is 845. The molecule has 5 nitrogen and oxygen atoms in total. The normalized spacial score (nSPS) is 14.4. The predicted octanol–water partition coefficient (Wildman–Crippen LogP) is 2.62. The van der Waals surface area contributed by atoms with Gasteiger partial charge in [-0.25, -0.2) is 22.3 Å². The van der Waals surface area contributed by atoms with Crippen LogP contribution in [0.5, 0.6) is 0 Å².